The van der Waals surface area contributed by atoms with E-state index in [2.05, 4.69) is 4.90 Å². The number of carbonyl (C=O) groups is 1. The van der Waals surface area contributed by atoms with Crippen molar-refractivity contribution in [3.63, 3.8) is 0 Å². The molecular weight excluding hydrogens is 296 g/mol. The monoisotopic (exact) mass is 320 g/mol. The van der Waals surface area contributed by atoms with Gasteiger partial charge in [-0.15, -0.1) is 11.3 Å². The zero-order valence-electron chi connectivity index (χ0n) is 13.0. The lowest BCUT2D eigenvalue weighted by Crippen LogP contribution is -2.47. The normalized spacial score (nSPS) is 28.5. The van der Waals surface area contributed by atoms with E-state index in [0.717, 1.165) is 43.8 Å². The van der Waals surface area contributed by atoms with Gasteiger partial charge >= 0.3 is 0 Å². The highest BCUT2D eigenvalue weighted by Crippen LogP contribution is 2.38. The first kappa shape index (κ1) is 14.7. The molecule has 22 heavy (non-hydrogen) atoms. The Labute approximate surface area is 136 Å². The third-order valence-electron chi connectivity index (χ3n) is 5.54. The first-order valence-electron chi connectivity index (χ1n) is 8.47. The Morgan fingerprint density at radius 1 is 1.23 bits per heavy atom. The maximum absolute atomic E-state index is 12.4. The molecule has 1 amide bonds. The van der Waals surface area contributed by atoms with Crippen molar-refractivity contribution in [3.8, 4) is 0 Å². The van der Waals surface area contributed by atoms with Gasteiger partial charge in [0.25, 0.3) is 5.91 Å². The summed E-state index contributed by atoms with van der Waals surface area (Å²) in [4.78, 5) is 17.9. The molecule has 0 saturated carbocycles. The van der Waals surface area contributed by atoms with Crippen molar-refractivity contribution in [2.24, 2.45) is 0 Å². The second kappa shape index (κ2) is 5.95. The molecule has 4 heterocycles. The van der Waals surface area contributed by atoms with Crippen molar-refractivity contribution in [2.45, 2.75) is 43.7 Å². The highest BCUT2D eigenvalue weighted by Gasteiger charge is 2.45. The number of rotatable bonds is 2. The molecule has 3 aliphatic heterocycles. The lowest BCUT2D eigenvalue weighted by molar-refractivity contribution is -0.0392. The van der Waals surface area contributed by atoms with Gasteiger partial charge in [-0.3, -0.25) is 9.69 Å². The van der Waals surface area contributed by atoms with E-state index >= 15 is 0 Å². The minimum atomic E-state index is 0.0412. The summed E-state index contributed by atoms with van der Waals surface area (Å²) in [5.41, 5.74) is 0.0412. The summed E-state index contributed by atoms with van der Waals surface area (Å²) in [6, 6.07) is 4.48. The summed E-state index contributed by atoms with van der Waals surface area (Å²) < 4.78 is 6.25. The van der Waals surface area contributed by atoms with E-state index in [4.69, 9.17) is 4.74 Å². The topological polar surface area (TPSA) is 32.8 Å². The summed E-state index contributed by atoms with van der Waals surface area (Å²) in [6.07, 6.45) is 5.83. The van der Waals surface area contributed by atoms with Crippen molar-refractivity contribution in [1.82, 2.24) is 9.80 Å². The molecule has 120 valence electrons. The lowest BCUT2D eigenvalue weighted by atomic mass is 9.87. The molecule has 3 fully saturated rings. The van der Waals surface area contributed by atoms with Gasteiger partial charge < -0.3 is 9.64 Å². The predicted molar refractivity (Wildman–Crippen MR) is 87.4 cm³/mol. The van der Waals surface area contributed by atoms with Crippen LogP contribution >= 0.6 is 11.3 Å². The number of thiophene rings is 1. The standard InChI is InChI=1S/C17H24N2O2S/c20-16(15-4-3-11-22-15)19-9-5-17(6-10-19)12-14(13-21-17)18-7-1-2-8-18/h3-4,11,14H,1-2,5-10,12-13H2. The number of likely N-dealkylation sites (tertiary alicyclic amines) is 2. The Morgan fingerprint density at radius 3 is 2.68 bits per heavy atom. The minimum absolute atomic E-state index is 0.0412. The van der Waals surface area contributed by atoms with Gasteiger partial charge in [0, 0.05) is 19.1 Å². The molecule has 1 unspecified atom stereocenters. The third-order valence-corrected chi connectivity index (χ3v) is 6.40. The fraction of sp³-hybridized carbons (Fsp3) is 0.706. The van der Waals surface area contributed by atoms with Crippen molar-refractivity contribution in [2.75, 3.05) is 32.8 Å². The van der Waals surface area contributed by atoms with E-state index in [1.54, 1.807) is 0 Å². The Morgan fingerprint density at radius 2 is 2.00 bits per heavy atom. The maximum Gasteiger partial charge on any atom is 0.263 e. The Balaban J connectivity index is 1.35. The van der Waals surface area contributed by atoms with E-state index in [1.165, 1.54) is 37.3 Å². The van der Waals surface area contributed by atoms with Crippen LogP contribution in [0.1, 0.15) is 41.8 Å². The molecule has 4 nitrogen and oxygen atoms in total. The second-order valence-corrected chi connectivity index (χ2v) is 7.81. The molecule has 0 bridgehead atoms. The van der Waals surface area contributed by atoms with Crippen molar-refractivity contribution in [1.29, 1.82) is 0 Å². The Kier molecular flexibility index (Phi) is 3.96. The summed E-state index contributed by atoms with van der Waals surface area (Å²) in [7, 11) is 0. The van der Waals surface area contributed by atoms with Crippen LogP contribution in [-0.4, -0.2) is 60.1 Å². The molecule has 3 saturated heterocycles. The number of carbonyl (C=O) groups excluding carboxylic acids is 1. The van der Waals surface area contributed by atoms with Crippen LogP contribution < -0.4 is 0 Å². The van der Waals surface area contributed by atoms with Crippen LogP contribution in [-0.2, 0) is 4.74 Å². The van der Waals surface area contributed by atoms with E-state index in [0.29, 0.717) is 6.04 Å². The largest absolute Gasteiger partial charge is 0.373 e. The molecule has 0 aliphatic carbocycles. The maximum atomic E-state index is 12.4. The number of ether oxygens (including phenoxy) is 1. The highest BCUT2D eigenvalue weighted by atomic mass is 32.1. The fourth-order valence-electron chi connectivity index (χ4n) is 4.18. The smallest absolute Gasteiger partial charge is 0.263 e. The molecule has 1 aromatic rings. The molecule has 0 N–H and O–H groups in total. The van der Waals surface area contributed by atoms with Gasteiger partial charge in [0.15, 0.2) is 0 Å². The first-order valence-corrected chi connectivity index (χ1v) is 9.35. The van der Waals surface area contributed by atoms with Crippen LogP contribution in [0.15, 0.2) is 17.5 Å². The van der Waals surface area contributed by atoms with E-state index in [1.807, 2.05) is 22.4 Å². The van der Waals surface area contributed by atoms with Crippen LogP contribution in [0.3, 0.4) is 0 Å². The van der Waals surface area contributed by atoms with Crippen molar-refractivity contribution >= 4 is 17.2 Å². The Bertz CT molecular complexity index is 517. The average molecular weight is 320 g/mol. The van der Waals surface area contributed by atoms with Crippen LogP contribution in [0.2, 0.25) is 0 Å². The Hall–Kier alpha value is -0.910. The van der Waals surface area contributed by atoms with Gasteiger partial charge in [0.1, 0.15) is 0 Å². The highest BCUT2D eigenvalue weighted by molar-refractivity contribution is 7.12. The molecule has 0 aromatic carbocycles. The zero-order chi connectivity index (χ0) is 15.0. The van der Waals surface area contributed by atoms with Crippen LogP contribution in [0.5, 0.6) is 0 Å². The SMILES string of the molecule is O=C(c1cccs1)N1CCC2(CC1)CC(N1CCCC1)CO2. The fourth-order valence-corrected chi connectivity index (χ4v) is 4.87. The summed E-state index contributed by atoms with van der Waals surface area (Å²) >= 11 is 1.54. The van der Waals surface area contributed by atoms with Gasteiger partial charge in [-0.05, 0) is 56.6 Å². The van der Waals surface area contributed by atoms with Crippen molar-refractivity contribution in [3.05, 3.63) is 22.4 Å². The summed E-state index contributed by atoms with van der Waals surface area (Å²) in [5.74, 6) is 0.193. The summed E-state index contributed by atoms with van der Waals surface area (Å²) in [5, 5.41) is 1.97. The van der Waals surface area contributed by atoms with Crippen LogP contribution in [0, 0.1) is 0 Å². The quantitative estimate of drug-likeness (QED) is 0.840. The van der Waals surface area contributed by atoms with E-state index in [-0.39, 0.29) is 11.5 Å². The third kappa shape index (κ3) is 2.70. The average Bonchev–Trinajstić information content (AvgIpc) is 3.29. The molecule has 4 rings (SSSR count). The number of hydrogen-bond acceptors (Lipinski definition) is 4. The summed E-state index contributed by atoms with van der Waals surface area (Å²) in [6.45, 7) is 5.05. The predicted octanol–water partition coefficient (Wildman–Crippen LogP) is 2.61. The number of amides is 1. The molecular formula is C17H24N2O2S. The van der Waals surface area contributed by atoms with Gasteiger partial charge in [0.2, 0.25) is 0 Å². The van der Waals surface area contributed by atoms with Gasteiger partial charge in [0.05, 0.1) is 17.1 Å². The van der Waals surface area contributed by atoms with E-state index in [9.17, 15) is 4.79 Å². The number of hydrogen-bond donors (Lipinski definition) is 0. The first-order chi connectivity index (χ1) is 10.8. The van der Waals surface area contributed by atoms with Gasteiger partial charge in [-0.25, -0.2) is 0 Å². The zero-order valence-corrected chi connectivity index (χ0v) is 13.8. The van der Waals surface area contributed by atoms with Crippen molar-refractivity contribution < 1.29 is 9.53 Å². The van der Waals surface area contributed by atoms with Crippen LogP contribution in [0.25, 0.3) is 0 Å². The molecule has 1 spiro atoms. The molecule has 0 radical (unpaired) electrons. The van der Waals surface area contributed by atoms with Crippen LogP contribution in [0.4, 0.5) is 0 Å². The van der Waals surface area contributed by atoms with Gasteiger partial charge in [-0.1, -0.05) is 6.07 Å². The minimum Gasteiger partial charge on any atom is -0.373 e. The molecule has 3 aliphatic rings. The van der Waals surface area contributed by atoms with Gasteiger partial charge in [-0.2, -0.15) is 0 Å². The lowest BCUT2D eigenvalue weighted by Gasteiger charge is -2.38. The molecule has 1 aromatic heterocycles. The van der Waals surface area contributed by atoms with E-state index < -0.39 is 0 Å². The molecule has 5 heteroatoms. The number of nitrogens with zero attached hydrogens (tertiary/aromatic N) is 2. The molecule has 1 atom stereocenters. The second-order valence-electron chi connectivity index (χ2n) is 6.86. The number of piperidine rings is 1.